The number of nitrogens with one attached hydrogen (secondary N) is 4. The van der Waals surface area contributed by atoms with Crippen LogP contribution in [-0.4, -0.2) is 40.9 Å². The molecule has 1 atom stereocenters. The summed E-state index contributed by atoms with van der Waals surface area (Å²) in [5.74, 6) is -0.556. The van der Waals surface area contributed by atoms with Gasteiger partial charge < -0.3 is 20.9 Å². The molecule has 0 aliphatic rings. The zero-order chi connectivity index (χ0) is 21.5. The minimum absolute atomic E-state index is 0.0179. The van der Waals surface area contributed by atoms with Gasteiger partial charge in [0.25, 0.3) is 5.69 Å². The lowest BCUT2D eigenvalue weighted by Crippen LogP contribution is -2.48. The summed E-state index contributed by atoms with van der Waals surface area (Å²) in [4.78, 5) is 37.6. The fourth-order valence-electron chi connectivity index (χ4n) is 3.19. The maximum atomic E-state index is 12.6. The molecule has 9 heteroatoms. The van der Waals surface area contributed by atoms with Crippen molar-refractivity contribution < 1.29 is 14.5 Å². The van der Waals surface area contributed by atoms with Crippen LogP contribution in [0, 0.1) is 10.1 Å². The first-order valence-electron chi connectivity index (χ1n) is 9.52. The summed E-state index contributed by atoms with van der Waals surface area (Å²) in [7, 11) is 0. The molecule has 9 nitrogen and oxygen atoms in total. The molecule has 0 radical (unpaired) electrons. The van der Waals surface area contributed by atoms with E-state index >= 15 is 0 Å². The van der Waals surface area contributed by atoms with Gasteiger partial charge in [0, 0.05) is 61.4 Å². The number of para-hydroxylation sites is 1. The largest absolute Gasteiger partial charge is 0.383 e. The van der Waals surface area contributed by atoms with Gasteiger partial charge in [0.05, 0.1) is 4.92 Å². The van der Waals surface area contributed by atoms with Crippen LogP contribution in [0.2, 0.25) is 0 Å². The normalized spacial score (nSPS) is 11.6. The Morgan fingerprint density at radius 1 is 1.10 bits per heavy atom. The lowest BCUT2D eigenvalue weighted by molar-refractivity contribution is -0.384. The van der Waals surface area contributed by atoms with Crippen LogP contribution in [0.4, 0.5) is 11.4 Å². The van der Waals surface area contributed by atoms with Gasteiger partial charge in [-0.15, -0.1) is 0 Å². The van der Waals surface area contributed by atoms with Gasteiger partial charge in [-0.05, 0) is 23.8 Å². The highest BCUT2D eigenvalue weighted by Gasteiger charge is 2.21. The monoisotopic (exact) mass is 409 g/mol. The Balaban J connectivity index is 1.54. The topological polar surface area (TPSA) is 129 Å². The average molecular weight is 409 g/mol. The quantitative estimate of drug-likeness (QED) is 0.245. The van der Waals surface area contributed by atoms with Crippen LogP contribution in [0.3, 0.4) is 0 Å². The number of nitro groups is 1. The highest BCUT2D eigenvalue weighted by Crippen LogP contribution is 2.19. The van der Waals surface area contributed by atoms with Gasteiger partial charge in [-0.1, -0.05) is 18.2 Å². The van der Waals surface area contributed by atoms with E-state index < -0.39 is 11.0 Å². The Labute approximate surface area is 173 Å². The molecule has 0 aliphatic heterocycles. The number of aromatic amines is 1. The van der Waals surface area contributed by atoms with Gasteiger partial charge >= 0.3 is 0 Å². The smallest absolute Gasteiger partial charge is 0.269 e. The number of hydrogen-bond acceptors (Lipinski definition) is 5. The predicted octanol–water partition coefficient (Wildman–Crippen LogP) is 2.35. The number of amides is 2. The van der Waals surface area contributed by atoms with Crippen molar-refractivity contribution in [2.75, 3.05) is 18.4 Å². The Morgan fingerprint density at radius 2 is 1.83 bits per heavy atom. The minimum Gasteiger partial charge on any atom is -0.383 e. The molecule has 4 N–H and O–H groups in total. The number of nitro benzene ring substituents is 1. The molecule has 156 valence electrons. The Kier molecular flexibility index (Phi) is 6.63. The number of anilines is 1. The number of non-ortho nitro benzene ring substituents is 1. The first-order chi connectivity index (χ1) is 14.4. The lowest BCUT2D eigenvalue weighted by Gasteiger charge is -2.18. The third kappa shape index (κ3) is 5.34. The van der Waals surface area contributed by atoms with Crippen molar-refractivity contribution in [2.45, 2.75) is 19.4 Å². The number of hydrogen-bond donors (Lipinski definition) is 4. The minimum atomic E-state index is -0.693. The number of fused-ring (bicyclic) bond motifs is 1. The van der Waals surface area contributed by atoms with E-state index in [4.69, 9.17) is 0 Å². The van der Waals surface area contributed by atoms with E-state index in [2.05, 4.69) is 20.9 Å². The second-order valence-electron chi connectivity index (χ2n) is 6.84. The molecular formula is C21H23N5O4. The molecule has 0 saturated heterocycles. The van der Waals surface area contributed by atoms with Crippen LogP contribution in [0.25, 0.3) is 10.9 Å². The van der Waals surface area contributed by atoms with Crippen molar-refractivity contribution in [1.82, 2.24) is 15.6 Å². The van der Waals surface area contributed by atoms with Gasteiger partial charge in [0.15, 0.2) is 0 Å². The molecule has 0 saturated carbocycles. The van der Waals surface area contributed by atoms with Crippen molar-refractivity contribution in [3.8, 4) is 0 Å². The summed E-state index contributed by atoms with van der Waals surface area (Å²) in [6.45, 7) is 2.15. The molecule has 1 aromatic heterocycles. The molecule has 0 spiro atoms. The van der Waals surface area contributed by atoms with Crippen LogP contribution in [0.1, 0.15) is 12.5 Å². The zero-order valence-electron chi connectivity index (χ0n) is 16.5. The number of nitrogens with zero attached hydrogens (tertiary/aromatic N) is 1. The summed E-state index contributed by atoms with van der Waals surface area (Å²) in [6, 6.07) is 13.1. The average Bonchev–Trinajstić information content (AvgIpc) is 3.13. The molecule has 0 bridgehead atoms. The lowest BCUT2D eigenvalue weighted by atomic mass is 10.0. The molecule has 2 amide bonds. The predicted molar refractivity (Wildman–Crippen MR) is 114 cm³/mol. The Morgan fingerprint density at radius 3 is 2.53 bits per heavy atom. The number of aromatic nitrogens is 1. The first-order valence-corrected chi connectivity index (χ1v) is 9.52. The third-order valence-electron chi connectivity index (χ3n) is 4.62. The molecule has 3 aromatic rings. The van der Waals surface area contributed by atoms with Gasteiger partial charge in [-0.25, -0.2) is 0 Å². The van der Waals surface area contributed by atoms with Crippen LogP contribution in [-0.2, 0) is 16.0 Å². The van der Waals surface area contributed by atoms with E-state index in [0.717, 1.165) is 16.5 Å². The number of benzene rings is 2. The summed E-state index contributed by atoms with van der Waals surface area (Å²) >= 11 is 0. The van der Waals surface area contributed by atoms with E-state index in [0.29, 0.717) is 25.2 Å². The van der Waals surface area contributed by atoms with E-state index in [9.17, 15) is 19.7 Å². The number of H-pyrrole nitrogens is 1. The Hall–Kier alpha value is -3.88. The van der Waals surface area contributed by atoms with Crippen molar-refractivity contribution in [3.63, 3.8) is 0 Å². The second-order valence-corrected chi connectivity index (χ2v) is 6.84. The molecule has 30 heavy (non-hydrogen) atoms. The maximum Gasteiger partial charge on any atom is 0.269 e. The molecule has 3 rings (SSSR count). The molecule has 1 heterocycles. The summed E-state index contributed by atoms with van der Waals surface area (Å²) in [5, 5.41) is 20.3. The molecule has 0 aliphatic carbocycles. The van der Waals surface area contributed by atoms with Gasteiger partial charge in [0.1, 0.15) is 6.04 Å². The fraction of sp³-hybridized carbons (Fsp3) is 0.238. The fourth-order valence-corrected chi connectivity index (χ4v) is 3.19. The van der Waals surface area contributed by atoms with Gasteiger partial charge in [-0.3, -0.25) is 19.7 Å². The number of carbonyl (C=O) groups excluding carboxylic acids is 2. The maximum absolute atomic E-state index is 12.6. The van der Waals surface area contributed by atoms with E-state index in [1.54, 1.807) is 12.1 Å². The van der Waals surface area contributed by atoms with Gasteiger partial charge in [0.2, 0.25) is 11.8 Å². The van der Waals surface area contributed by atoms with E-state index in [-0.39, 0.29) is 17.5 Å². The summed E-state index contributed by atoms with van der Waals surface area (Å²) in [5.41, 5.74) is 2.65. The first kappa shape index (κ1) is 20.8. The zero-order valence-corrected chi connectivity index (χ0v) is 16.5. The summed E-state index contributed by atoms with van der Waals surface area (Å²) < 4.78 is 0. The second kappa shape index (κ2) is 9.55. The standard InChI is InChI=1S/C21H23N5O4/c1-14(27)25-20(12-15-13-24-19-5-3-2-4-18(15)19)21(28)23-11-10-22-16-6-8-17(9-7-16)26(29)30/h2-9,13,20,22,24H,10-12H2,1H3,(H,23,28)(H,25,27). The third-order valence-corrected chi connectivity index (χ3v) is 4.62. The molecular weight excluding hydrogens is 386 g/mol. The highest BCUT2D eigenvalue weighted by molar-refractivity contribution is 5.89. The number of carbonyl (C=O) groups is 2. The van der Waals surface area contributed by atoms with Crippen LogP contribution in [0.5, 0.6) is 0 Å². The molecule has 2 aromatic carbocycles. The van der Waals surface area contributed by atoms with E-state index in [1.165, 1.54) is 19.1 Å². The van der Waals surface area contributed by atoms with Crippen LogP contribution in [0.15, 0.2) is 54.7 Å². The van der Waals surface area contributed by atoms with Gasteiger partial charge in [-0.2, -0.15) is 0 Å². The molecule has 0 fully saturated rings. The highest BCUT2D eigenvalue weighted by atomic mass is 16.6. The summed E-state index contributed by atoms with van der Waals surface area (Å²) in [6.07, 6.45) is 2.22. The van der Waals surface area contributed by atoms with Crippen molar-refractivity contribution in [1.29, 1.82) is 0 Å². The van der Waals surface area contributed by atoms with Crippen molar-refractivity contribution >= 4 is 34.1 Å². The SMILES string of the molecule is CC(=O)NC(Cc1c[nH]c2ccccc12)C(=O)NCCNc1ccc([N+](=O)[O-])cc1. The van der Waals surface area contributed by atoms with Crippen molar-refractivity contribution in [3.05, 3.63) is 70.4 Å². The molecule has 1 unspecified atom stereocenters. The van der Waals surface area contributed by atoms with Crippen molar-refractivity contribution in [2.24, 2.45) is 0 Å². The Bertz CT molecular complexity index is 1040. The van der Waals surface area contributed by atoms with E-state index in [1.807, 2.05) is 30.5 Å². The van der Waals surface area contributed by atoms with Crippen LogP contribution >= 0.6 is 0 Å². The van der Waals surface area contributed by atoms with Crippen LogP contribution < -0.4 is 16.0 Å². The number of rotatable bonds is 9.